The number of Topliss-reactive ketones (excluding diaryl/α,β-unsaturated/α-hetero) is 1. The Balaban J connectivity index is 1.87. The Bertz CT molecular complexity index is 461. The van der Waals surface area contributed by atoms with Crippen LogP contribution in [0.1, 0.15) is 30.6 Å². The molecule has 0 atom stereocenters. The predicted molar refractivity (Wildman–Crippen MR) is 78.3 cm³/mol. The number of hydrogen-bond acceptors (Lipinski definition) is 3. The van der Waals surface area contributed by atoms with Crippen LogP contribution < -0.4 is 0 Å². The average Bonchev–Trinajstić information content (AvgIpc) is 2.35. The summed E-state index contributed by atoms with van der Waals surface area (Å²) in [6, 6.07) is 5.95. The molecule has 2 nitrogen and oxygen atoms in total. The Labute approximate surface area is 118 Å². The molecule has 0 amide bonds. The molecule has 0 spiro atoms. The molecule has 0 bridgehead atoms. The maximum Gasteiger partial charge on any atom is 0.164 e. The van der Waals surface area contributed by atoms with E-state index in [-0.39, 0.29) is 16.3 Å². The summed E-state index contributed by atoms with van der Waals surface area (Å²) in [4.78, 5) is 14.3. The van der Waals surface area contributed by atoms with E-state index in [0.717, 1.165) is 25.4 Å². The minimum Gasteiger partial charge on any atom is -0.301 e. The van der Waals surface area contributed by atoms with E-state index in [1.807, 2.05) is 11.8 Å². The maximum atomic E-state index is 13.1. The average molecular weight is 281 g/mol. The Morgan fingerprint density at radius 3 is 2.95 bits per heavy atom. The van der Waals surface area contributed by atoms with Gasteiger partial charge in [-0.1, -0.05) is 12.1 Å². The van der Waals surface area contributed by atoms with Gasteiger partial charge in [0.05, 0.1) is 0 Å². The quantitative estimate of drug-likeness (QED) is 0.790. The third kappa shape index (κ3) is 4.32. The van der Waals surface area contributed by atoms with Gasteiger partial charge < -0.3 is 4.90 Å². The lowest BCUT2D eigenvalue weighted by molar-refractivity contribution is 0.0962. The highest BCUT2D eigenvalue weighted by molar-refractivity contribution is 8.00. The van der Waals surface area contributed by atoms with Crippen LogP contribution in [0.5, 0.6) is 0 Å². The van der Waals surface area contributed by atoms with Crippen molar-refractivity contribution >= 4 is 17.5 Å². The monoisotopic (exact) mass is 281 g/mol. The topological polar surface area (TPSA) is 20.3 Å². The van der Waals surface area contributed by atoms with E-state index in [4.69, 9.17) is 0 Å². The van der Waals surface area contributed by atoms with Gasteiger partial charge in [0.2, 0.25) is 0 Å². The first-order valence-electron chi connectivity index (χ1n) is 6.61. The molecule has 2 rings (SSSR count). The van der Waals surface area contributed by atoms with E-state index in [1.165, 1.54) is 12.1 Å². The molecule has 1 aliphatic rings. The van der Waals surface area contributed by atoms with Crippen LogP contribution in [0.3, 0.4) is 0 Å². The minimum absolute atomic E-state index is 0.0236. The standard InChI is InChI=1S/C15H20FNOS/c1-15(2)11-17(8-9-19-15)7-6-14(18)12-4-3-5-13(16)10-12/h3-5,10H,6-9,11H2,1-2H3. The molecule has 4 heteroatoms. The number of ketones is 1. The Hall–Kier alpha value is -0.870. The summed E-state index contributed by atoms with van der Waals surface area (Å²) in [6.45, 7) is 7.27. The SMILES string of the molecule is CC1(C)CN(CCC(=O)c2cccc(F)c2)CCS1. The van der Waals surface area contributed by atoms with Gasteiger partial charge in [-0.25, -0.2) is 4.39 Å². The highest BCUT2D eigenvalue weighted by atomic mass is 32.2. The van der Waals surface area contributed by atoms with Crippen molar-refractivity contribution in [2.45, 2.75) is 25.0 Å². The van der Waals surface area contributed by atoms with E-state index in [1.54, 1.807) is 12.1 Å². The van der Waals surface area contributed by atoms with Crippen LogP contribution in [-0.2, 0) is 0 Å². The van der Waals surface area contributed by atoms with Gasteiger partial charge in [-0.15, -0.1) is 0 Å². The van der Waals surface area contributed by atoms with Gasteiger partial charge in [0.15, 0.2) is 5.78 Å². The van der Waals surface area contributed by atoms with Crippen LogP contribution >= 0.6 is 11.8 Å². The van der Waals surface area contributed by atoms with Crippen LogP contribution in [0.25, 0.3) is 0 Å². The van der Waals surface area contributed by atoms with Crippen molar-refractivity contribution in [2.24, 2.45) is 0 Å². The fourth-order valence-electron chi connectivity index (χ4n) is 2.37. The fraction of sp³-hybridized carbons (Fsp3) is 0.533. The molecule has 19 heavy (non-hydrogen) atoms. The van der Waals surface area contributed by atoms with Gasteiger partial charge in [0, 0.05) is 42.1 Å². The molecule has 0 radical (unpaired) electrons. The first-order chi connectivity index (χ1) is 8.96. The number of carbonyl (C=O) groups excluding carboxylic acids is 1. The molecule has 0 saturated carbocycles. The summed E-state index contributed by atoms with van der Waals surface area (Å²) in [5, 5.41) is 0. The second kappa shape index (κ2) is 6.06. The molecule has 1 aliphatic heterocycles. The van der Waals surface area contributed by atoms with E-state index < -0.39 is 0 Å². The van der Waals surface area contributed by atoms with E-state index in [2.05, 4.69) is 18.7 Å². The molecular formula is C15H20FNOS. The van der Waals surface area contributed by atoms with E-state index in [0.29, 0.717) is 12.0 Å². The first-order valence-corrected chi connectivity index (χ1v) is 7.60. The maximum absolute atomic E-state index is 13.1. The number of hydrogen-bond donors (Lipinski definition) is 0. The number of halogens is 1. The molecule has 0 N–H and O–H groups in total. The highest BCUT2D eigenvalue weighted by Gasteiger charge is 2.26. The number of nitrogens with zero attached hydrogens (tertiary/aromatic N) is 1. The Kier molecular flexibility index (Phi) is 4.63. The van der Waals surface area contributed by atoms with Gasteiger partial charge in [0.25, 0.3) is 0 Å². The smallest absolute Gasteiger partial charge is 0.164 e. The van der Waals surface area contributed by atoms with E-state index in [9.17, 15) is 9.18 Å². The largest absolute Gasteiger partial charge is 0.301 e. The first kappa shape index (κ1) is 14.5. The zero-order chi connectivity index (χ0) is 13.9. The molecule has 0 unspecified atom stereocenters. The predicted octanol–water partition coefficient (Wildman–Crippen LogP) is 3.23. The molecular weight excluding hydrogens is 261 g/mol. The lowest BCUT2D eigenvalue weighted by atomic mass is 10.1. The summed E-state index contributed by atoms with van der Waals surface area (Å²) in [5.74, 6) is 0.790. The number of benzene rings is 1. The number of rotatable bonds is 4. The van der Waals surface area contributed by atoms with Crippen LogP contribution in [0.4, 0.5) is 4.39 Å². The van der Waals surface area contributed by atoms with Crippen LogP contribution in [-0.4, -0.2) is 40.8 Å². The van der Waals surface area contributed by atoms with Gasteiger partial charge in [-0.05, 0) is 26.0 Å². The number of thioether (sulfide) groups is 1. The fourth-order valence-corrected chi connectivity index (χ4v) is 3.55. The van der Waals surface area contributed by atoms with Crippen molar-refractivity contribution in [2.75, 3.05) is 25.4 Å². The Morgan fingerprint density at radius 1 is 1.47 bits per heavy atom. The second-order valence-corrected chi connectivity index (χ2v) is 7.37. The zero-order valence-corrected chi connectivity index (χ0v) is 12.3. The van der Waals surface area contributed by atoms with Crippen LogP contribution in [0.2, 0.25) is 0 Å². The van der Waals surface area contributed by atoms with Gasteiger partial charge >= 0.3 is 0 Å². The summed E-state index contributed by atoms with van der Waals surface area (Å²) in [6.07, 6.45) is 0.462. The molecule has 1 heterocycles. The Morgan fingerprint density at radius 2 is 2.26 bits per heavy atom. The summed E-state index contributed by atoms with van der Waals surface area (Å²) < 4.78 is 13.3. The van der Waals surface area contributed by atoms with Gasteiger partial charge in [-0.2, -0.15) is 11.8 Å². The molecule has 0 aliphatic carbocycles. The van der Waals surface area contributed by atoms with Crippen molar-refractivity contribution in [1.82, 2.24) is 4.90 Å². The van der Waals surface area contributed by atoms with Crippen LogP contribution in [0.15, 0.2) is 24.3 Å². The minimum atomic E-state index is -0.346. The molecule has 1 saturated heterocycles. The van der Waals surface area contributed by atoms with Crippen LogP contribution in [0, 0.1) is 5.82 Å². The zero-order valence-electron chi connectivity index (χ0n) is 11.5. The third-order valence-corrected chi connectivity index (χ3v) is 4.60. The summed E-state index contributed by atoms with van der Waals surface area (Å²) in [5.41, 5.74) is 0.477. The van der Waals surface area contributed by atoms with Crippen molar-refractivity contribution in [3.8, 4) is 0 Å². The summed E-state index contributed by atoms with van der Waals surface area (Å²) in [7, 11) is 0. The van der Waals surface area contributed by atoms with Crippen molar-refractivity contribution in [3.63, 3.8) is 0 Å². The normalized spacial score (nSPS) is 19.3. The van der Waals surface area contributed by atoms with Crippen molar-refractivity contribution < 1.29 is 9.18 Å². The lowest BCUT2D eigenvalue weighted by Crippen LogP contribution is -2.43. The van der Waals surface area contributed by atoms with Gasteiger partial charge in [-0.3, -0.25) is 4.79 Å². The van der Waals surface area contributed by atoms with Gasteiger partial charge in [0.1, 0.15) is 5.82 Å². The molecule has 1 aromatic carbocycles. The molecule has 1 aromatic rings. The summed E-state index contributed by atoms with van der Waals surface area (Å²) >= 11 is 1.98. The highest BCUT2D eigenvalue weighted by Crippen LogP contribution is 2.29. The van der Waals surface area contributed by atoms with E-state index >= 15 is 0 Å². The van der Waals surface area contributed by atoms with Crippen molar-refractivity contribution in [1.29, 1.82) is 0 Å². The molecule has 1 fully saturated rings. The molecule has 0 aromatic heterocycles. The van der Waals surface area contributed by atoms with Crippen molar-refractivity contribution in [3.05, 3.63) is 35.6 Å². The molecule has 104 valence electrons. The second-order valence-electron chi connectivity index (χ2n) is 5.57. The lowest BCUT2D eigenvalue weighted by Gasteiger charge is -2.37. The number of carbonyl (C=O) groups is 1. The third-order valence-electron chi connectivity index (χ3n) is 3.31.